The van der Waals surface area contributed by atoms with Gasteiger partial charge in [0.05, 0.1) is 3.23 Å². The third kappa shape index (κ3) is 0.720. The Morgan fingerprint density at radius 1 is 0.909 bits per heavy atom. The van der Waals surface area contributed by atoms with E-state index >= 15 is 0 Å². The SMILES string of the molecule is C[C@@]12CCCC[C@]1(C)C2(Br)Br. The van der Waals surface area contributed by atoms with Crippen molar-refractivity contribution < 1.29 is 0 Å². The molecule has 11 heavy (non-hydrogen) atoms. The minimum atomic E-state index is 0.247. The molecule has 2 atom stereocenters. The Morgan fingerprint density at radius 3 is 1.55 bits per heavy atom. The number of rotatable bonds is 0. The molecule has 0 aromatic heterocycles. The van der Waals surface area contributed by atoms with E-state index < -0.39 is 0 Å². The van der Waals surface area contributed by atoms with E-state index in [1.54, 1.807) is 0 Å². The van der Waals surface area contributed by atoms with Crippen LogP contribution in [0.25, 0.3) is 0 Å². The zero-order chi connectivity index (χ0) is 8.33. The molecular formula is C9H14Br2. The molecule has 0 saturated heterocycles. The molecule has 0 N–H and O–H groups in total. The second kappa shape index (κ2) is 2.06. The Morgan fingerprint density at radius 2 is 1.27 bits per heavy atom. The Labute approximate surface area is 85.4 Å². The molecule has 0 amide bonds. The highest BCUT2D eigenvalue weighted by molar-refractivity contribution is 9.25. The average Bonchev–Trinajstić information content (AvgIpc) is 2.28. The summed E-state index contributed by atoms with van der Waals surface area (Å²) in [7, 11) is 0. The van der Waals surface area contributed by atoms with Crippen molar-refractivity contribution in [2.45, 2.75) is 42.8 Å². The highest BCUT2D eigenvalue weighted by Gasteiger charge is 2.79. The summed E-state index contributed by atoms with van der Waals surface area (Å²) in [5.41, 5.74) is 1.02. The van der Waals surface area contributed by atoms with E-state index in [2.05, 4.69) is 45.7 Å². The molecule has 0 bridgehead atoms. The highest BCUT2D eigenvalue weighted by atomic mass is 79.9. The first-order valence-electron chi connectivity index (χ1n) is 4.34. The van der Waals surface area contributed by atoms with Gasteiger partial charge in [-0.3, -0.25) is 0 Å². The van der Waals surface area contributed by atoms with Gasteiger partial charge in [0.25, 0.3) is 0 Å². The third-order valence-corrected chi connectivity index (χ3v) is 7.65. The fraction of sp³-hybridized carbons (Fsp3) is 1.00. The molecule has 0 aliphatic heterocycles. The fourth-order valence-electron chi connectivity index (χ4n) is 2.77. The van der Waals surface area contributed by atoms with E-state index in [4.69, 9.17) is 0 Å². The molecule has 0 radical (unpaired) electrons. The van der Waals surface area contributed by atoms with Crippen LogP contribution in [0.1, 0.15) is 39.5 Å². The Balaban J connectivity index is 2.33. The van der Waals surface area contributed by atoms with Crippen molar-refractivity contribution in [1.82, 2.24) is 0 Å². The number of hydrogen-bond donors (Lipinski definition) is 0. The zero-order valence-electron chi connectivity index (χ0n) is 7.08. The lowest BCUT2D eigenvalue weighted by atomic mass is 9.82. The number of fused-ring (bicyclic) bond motifs is 1. The van der Waals surface area contributed by atoms with Crippen LogP contribution in [-0.4, -0.2) is 3.23 Å². The lowest BCUT2D eigenvalue weighted by molar-refractivity contribution is 0.277. The van der Waals surface area contributed by atoms with Crippen LogP contribution in [0.4, 0.5) is 0 Å². The molecule has 2 rings (SSSR count). The van der Waals surface area contributed by atoms with E-state index in [9.17, 15) is 0 Å². The zero-order valence-corrected chi connectivity index (χ0v) is 10.3. The average molecular weight is 282 g/mol. The topological polar surface area (TPSA) is 0 Å². The second-order valence-corrected chi connectivity index (χ2v) is 7.89. The third-order valence-electron chi connectivity index (χ3n) is 4.14. The van der Waals surface area contributed by atoms with Crippen molar-refractivity contribution in [2.75, 3.05) is 0 Å². The smallest absolute Gasteiger partial charge is 0.0715 e. The number of alkyl halides is 2. The van der Waals surface area contributed by atoms with Gasteiger partial charge in [-0.05, 0) is 12.8 Å². The van der Waals surface area contributed by atoms with Crippen molar-refractivity contribution in [2.24, 2.45) is 10.8 Å². The summed E-state index contributed by atoms with van der Waals surface area (Å²) in [5.74, 6) is 0. The van der Waals surface area contributed by atoms with Gasteiger partial charge in [-0.2, -0.15) is 0 Å². The molecule has 2 fully saturated rings. The largest absolute Gasteiger partial charge is 0.0923 e. The summed E-state index contributed by atoms with van der Waals surface area (Å²) in [6.45, 7) is 4.80. The Hall–Kier alpha value is 0.960. The maximum Gasteiger partial charge on any atom is 0.0923 e. The Kier molecular flexibility index (Phi) is 1.60. The van der Waals surface area contributed by atoms with Crippen molar-refractivity contribution >= 4 is 31.9 Å². The molecule has 0 aromatic carbocycles. The van der Waals surface area contributed by atoms with Gasteiger partial charge in [-0.15, -0.1) is 0 Å². The van der Waals surface area contributed by atoms with E-state index in [-0.39, 0.29) is 3.23 Å². The molecular weight excluding hydrogens is 268 g/mol. The van der Waals surface area contributed by atoms with E-state index in [1.807, 2.05) is 0 Å². The molecule has 64 valence electrons. The number of hydrogen-bond acceptors (Lipinski definition) is 0. The van der Waals surface area contributed by atoms with Crippen LogP contribution >= 0.6 is 31.9 Å². The van der Waals surface area contributed by atoms with Crippen LogP contribution in [0.2, 0.25) is 0 Å². The summed E-state index contributed by atoms with van der Waals surface area (Å²) < 4.78 is 0.247. The normalized spacial score (nSPS) is 53.5. The molecule has 0 aromatic rings. The minimum absolute atomic E-state index is 0.247. The van der Waals surface area contributed by atoms with E-state index in [1.165, 1.54) is 25.7 Å². The number of halogens is 2. The molecule has 0 unspecified atom stereocenters. The first-order valence-corrected chi connectivity index (χ1v) is 5.92. The molecule has 0 heterocycles. The second-order valence-electron chi connectivity index (χ2n) is 4.45. The van der Waals surface area contributed by atoms with Gasteiger partial charge in [-0.1, -0.05) is 58.5 Å². The first-order chi connectivity index (χ1) is 4.96. The van der Waals surface area contributed by atoms with Gasteiger partial charge in [0.2, 0.25) is 0 Å². The van der Waals surface area contributed by atoms with E-state index in [0.717, 1.165) is 0 Å². The van der Waals surface area contributed by atoms with Gasteiger partial charge < -0.3 is 0 Å². The maximum absolute atomic E-state index is 3.81. The van der Waals surface area contributed by atoms with Crippen LogP contribution < -0.4 is 0 Å². The highest BCUT2D eigenvalue weighted by Crippen LogP contribution is 2.84. The molecule has 2 aliphatic rings. The molecule has 2 heteroatoms. The Bertz CT molecular complexity index is 180. The minimum Gasteiger partial charge on any atom is -0.0715 e. The van der Waals surface area contributed by atoms with Gasteiger partial charge in [0.15, 0.2) is 0 Å². The molecule has 2 aliphatic carbocycles. The van der Waals surface area contributed by atoms with Gasteiger partial charge in [-0.25, -0.2) is 0 Å². The molecule has 0 nitrogen and oxygen atoms in total. The molecule has 0 spiro atoms. The van der Waals surface area contributed by atoms with Crippen LogP contribution in [0.15, 0.2) is 0 Å². The standard InChI is InChI=1S/C9H14Br2/c1-7-5-3-4-6-8(7,2)9(7,10)11/h3-6H2,1-2H3/t7-,8+. The maximum atomic E-state index is 3.81. The van der Waals surface area contributed by atoms with Crippen LogP contribution in [0.3, 0.4) is 0 Å². The lowest BCUT2D eigenvalue weighted by Crippen LogP contribution is -2.12. The van der Waals surface area contributed by atoms with Gasteiger partial charge in [0, 0.05) is 10.8 Å². The van der Waals surface area contributed by atoms with Crippen LogP contribution in [-0.2, 0) is 0 Å². The summed E-state index contributed by atoms with van der Waals surface area (Å²) in [6.07, 6.45) is 5.57. The lowest BCUT2D eigenvalue weighted by Gasteiger charge is -2.22. The molecule has 2 saturated carbocycles. The summed E-state index contributed by atoms with van der Waals surface area (Å²) in [6, 6.07) is 0. The monoisotopic (exact) mass is 280 g/mol. The predicted octanol–water partition coefficient (Wildman–Crippen LogP) is 4.07. The van der Waals surface area contributed by atoms with Crippen LogP contribution in [0, 0.1) is 10.8 Å². The summed E-state index contributed by atoms with van der Waals surface area (Å²) >= 11 is 7.62. The quantitative estimate of drug-likeness (QED) is 0.587. The van der Waals surface area contributed by atoms with Gasteiger partial charge >= 0.3 is 0 Å². The van der Waals surface area contributed by atoms with Crippen molar-refractivity contribution in [3.63, 3.8) is 0 Å². The first kappa shape index (κ1) is 8.55. The summed E-state index contributed by atoms with van der Waals surface area (Å²) in [4.78, 5) is 0. The van der Waals surface area contributed by atoms with Gasteiger partial charge in [0.1, 0.15) is 0 Å². The predicted molar refractivity (Wildman–Crippen MR) is 55.3 cm³/mol. The van der Waals surface area contributed by atoms with Crippen molar-refractivity contribution in [3.8, 4) is 0 Å². The fourth-order valence-corrected chi connectivity index (χ4v) is 5.12. The summed E-state index contributed by atoms with van der Waals surface area (Å²) in [5, 5.41) is 0. The van der Waals surface area contributed by atoms with E-state index in [0.29, 0.717) is 10.8 Å². The van der Waals surface area contributed by atoms with Crippen molar-refractivity contribution in [3.05, 3.63) is 0 Å². The van der Waals surface area contributed by atoms with Crippen LogP contribution in [0.5, 0.6) is 0 Å². The van der Waals surface area contributed by atoms with Crippen molar-refractivity contribution in [1.29, 1.82) is 0 Å².